The molecule has 1 aromatic carbocycles. The zero-order valence-corrected chi connectivity index (χ0v) is 9.46. The number of hydrogen-bond acceptors (Lipinski definition) is 3. The summed E-state index contributed by atoms with van der Waals surface area (Å²) in [7, 11) is 0. The van der Waals surface area contributed by atoms with E-state index in [2.05, 4.69) is 4.90 Å². The Morgan fingerprint density at radius 1 is 1.53 bits per heavy atom. The lowest BCUT2D eigenvalue weighted by Gasteiger charge is -2.22. The molecule has 1 aliphatic heterocycles. The van der Waals surface area contributed by atoms with Crippen molar-refractivity contribution in [2.45, 2.75) is 18.9 Å². The second-order valence-electron chi connectivity index (χ2n) is 4.38. The van der Waals surface area contributed by atoms with E-state index in [1.807, 2.05) is 19.1 Å². The van der Waals surface area contributed by atoms with Crippen LogP contribution in [-0.4, -0.2) is 23.8 Å². The van der Waals surface area contributed by atoms with E-state index in [-0.39, 0.29) is 0 Å². The summed E-state index contributed by atoms with van der Waals surface area (Å²) in [6.45, 7) is 3.30. The van der Waals surface area contributed by atoms with Crippen LogP contribution in [-0.2, 0) is 0 Å². The van der Waals surface area contributed by atoms with Crippen LogP contribution in [0.4, 0.5) is 11.4 Å². The smallest absolute Gasteiger partial charge is 0.0810 e. The van der Waals surface area contributed by atoms with Crippen LogP contribution in [0.25, 0.3) is 0 Å². The topological polar surface area (TPSA) is 49.5 Å². The first-order chi connectivity index (χ1) is 6.98. The number of halogens is 1. The molecule has 1 heterocycles. The molecule has 1 saturated heterocycles. The summed E-state index contributed by atoms with van der Waals surface area (Å²) in [4.78, 5) is 2.09. The SMILES string of the molecule is CC1(O)CCN(c2ccc(N)cc2Cl)C1. The Labute approximate surface area is 94.4 Å². The lowest BCUT2D eigenvalue weighted by atomic mass is 10.1. The van der Waals surface area contributed by atoms with E-state index in [1.54, 1.807) is 6.07 Å². The van der Waals surface area contributed by atoms with Gasteiger partial charge in [0.15, 0.2) is 0 Å². The largest absolute Gasteiger partial charge is 0.399 e. The summed E-state index contributed by atoms with van der Waals surface area (Å²) in [5, 5.41) is 10.5. The fourth-order valence-electron chi connectivity index (χ4n) is 1.93. The molecule has 15 heavy (non-hydrogen) atoms. The highest BCUT2D eigenvalue weighted by Gasteiger charge is 2.32. The van der Waals surface area contributed by atoms with E-state index in [1.165, 1.54) is 0 Å². The number of nitrogens with zero attached hydrogens (tertiary/aromatic N) is 1. The Morgan fingerprint density at radius 3 is 2.80 bits per heavy atom. The fraction of sp³-hybridized carbons (Fsp3) is 0.455. The van der Waals surface area contributed by atoms with Gasteiger partial charge in [-0.1, -0.05) is 11.6 Å². The minimum atomic E-state index is -0.606. The van der Waals surface area contributed by atoms with Crippen molar-refractivity contribution in [3.8, 4) is 0 Å². The lowest BCUT2D eigenvalue weighted by molar-refractivity contribution is 0.0839. The van der Waals surface area contributed by atoms with Gasteiger partial charge >= 0.3 is 0 Å². The Morgan fingerprint density at radius 2 is 2.27 bits per heavy atom. The zero-order chi connectivity index (χ0) is 11.1. The zero-order valence-electron chi connectivity index (χ0n) is 8.70. The molecule has 0 bridgehead atoms. The van der Waals surface area contributed by atoms with Crippen LogP contribution in [0, 0.1) is 0 Å². The number of rotatable bonds is 1. The number of anilines is 2. The van der Waals surface area contributed by atoms with Crippen molar-refractivity contribution in [3.05, 3.63) is 23.2 Å². The number of hydrogen-bond donors (Lipinski definition) is 2. The molecule has 1 aromatic rings. The standard InChI is InChI=1S/C11H15ClN2O/c1-11(15)4-5-14(7-11)10-3-2-8(13)6-9(10)12/h2-3,6,15H,4-5,7,13H2,1H3. The van der Waals surface area contributed by atoms with Crippen LogP contribution in [0.1, 0.15) is 13.3 Å². The van der Waals surface area contributed by atoms with E-state index < -0.39 is 5.60 Å². The van der Waals surface area contributed by atoms with Gasteiger partial charge in [-0.25, -0.2) is 0 Å². The van der Waals surface area contributed by atoms with Crippen LogP contribution in [0.15, 0.2) is 18.2 Å². The average molecular weight is 227 g/mol. The second kappa shape index (κ2) is 3.58. The highest BCUT2D eigenvalue weighted by Crippen LogP contribution is 2.32. The first kappa shape index (κ1) is 10.6. The Kier molecular flexibility index (Phi) is 2.52. The number of aliphatic hydroxyl groups is 1. The van der Waals surface area contributed by atoms with E-state index >= 15 is 0 Å². The molecule has 0 aliphatic carbocycles. The number of β-amino-alcohol motifs (C(OH)–C–C–N with tert-alkyl or cyclic N) is 1. The third kappa shape index (κ3) is 2.19. The number of nitrogen functional groups attached to an aromatic ring is 1. The molecule has 2 rings (SSSR count). The quantitative estimate of drug-likeness (QED) is 0.719. The van der Waals surface area contributed by atoms with Gasteiger partial charge in [-0.3, -0.25) is 0 Å². The predicted octanol–water partition coefficient (Wildman–Crippen LogP) is 1.88. The summed E-state index contributed by atoms with van der Waals surface area (Å²) >= 11 is 6.10. The van der Waals surface area contributed by atoms with Gasteiger partial charge in [-0.2, -0.15) is 0 Å². The van der Waals surface area contributed by atoms with Crippen molar-refractivity contribution >= 4 is 23.0 Å². The number of nitrogens with two attached hydrogens (primary N) is 1. The summed E-state index contributed by atoms with van der Waals surface area (Å²) in [6, 6.07) is 5.47. The fourth-order valence-corrected chi connectivity index (χ4v) is 2.24. The van der Waals surface area contributed by atoms with Gasteiger partial charge in [0.2, 0.25) is 0 Å². The highest BCUT2D eigenvalue weighted by molar-refractivity contribution is 6.33. The molecule has 0 saturated carbocycles. The van der Waals surface area contributed by atoms with Gasteiger partial charge in [-0.15, -0.1) is 0 Å². The average Bonchev–Trinajstić information content (AvgIpc) is 2.46. The van der Waals surface area contributed by atoms with E-state index in [9.17, 15) is 5.11 Å². The second-order valence-corrected chi connectivity index (χ2v) is 4.79. The monoisotopic (exact) mass is 226 g/mol. The first-order valence-corrected chi connectivity index (χ1v) is 5.38. The van der Waals surface area contributed by atoms with Crippen molar-refractivity contribution in [2.75, 3.05) is 23.7 Å². The van der Waals surface area contributed by atoms with Gasteiger partial charge in [0.25, 0.3) is 0 Å². The Hall–Kier alpha value is -0.930. The minimum absolute atomic E-state index is 0.606. The van der Waals surface area contributed by atoms with Gasteiger partial charge in [0, 0.05) is 18.8 Å². The molecule has 0 radical (unpaired) electrons. The molecule has 1 fully saturated rings. The van der Waals surface area contributed by atoms with Gasteiger partial charge < -0.3 is 15.7 Å². The molecule has 3 N–H and O–H groups in total. The molecule has 1 atom stereocenters. The van der Waals surface area contributed by atoms with Crippen molar-refractivity contribution in [1.82, 2.24) is 0 Å². The molecule has 82 valence electrons. The molecule has 1 aliphatic rings. The maximum Gasteiger partial charge on any atom is 0.0810 e. The first-order valence-electron chi connectivity index (χ1n) is 5.00. The van der Waals surface area contributed by atoms with Crippen molar-refractivity contribution in [1.29, 1.82) is 0 Å². The van der Waals surface area contributed by atoms with E-state index in [0.29, 0.717) is 17.3 Å². The van der Waals surface area contributed by atoms with Crippen molar-refractivity contribution in [3.63, 3.8) is 0 Å². The van der Waals surface area contributed by atoms with Crippen LogP contribution < -0.4 is 10.6 Å². The number of benzene rings is 1. The maximum absolute atomic E-state index is 9.86. The van der Waals surface area contributed by atoms with Crippen molar-refractivity contribution < 1.29 is 5.11 Å². The minimum Gasteiger partial charge on any atom is -0.399 e. The van der Waals surface area contributed by atoms with Crippen LogP contribution in [0.3, 0.4) is 0 Å². The molecular formula is C11H15ClN2O. The van der Waals surface area contributed by atoms with Crippen LogP contribution >= 0.6 is 11.6 Å². The summed E-state index contributed by atoms with van der Waals surface area (Å²) in [5.74, 6) is 0. The molecular weight excluding hydrogens is 212 g/mol. The summed E-state index contributed by atoms with van der Waals surface area (Å²) in [6.07, 6.45) is 0.772. The summed E-state index contributed by atoms with van der Waals surface area (Å²) < 4.78 is 0. The molecule has 0 spiro atoms. The molecule has 1 unspecified atom stereocenters. The lowest BCUT2D eigenvalue weighted by Crippen LogP contribution is -2.29. The van der Waals surface area contributed by atoms with Gasteiger partial charge in [-0.05, 0) is 31.5 Å². The Balaban J connectivity index is 2.24. The van der Waals surface area contributed by atoms with Crippen LogP contribution in [0.2, 0.25) is 5.02 Å². The van der Waals surface area contributed by atoms with Gasteiger partial charge in [0.1, 0.15) is 0 Å². The molecule has 4 heteroatoms. The van der Waals surface area contributed by atoms with Crippen LogP contribution in [0.5, 0.6) is 0 Å². The Bertz CT molecular complexity index is 379. The van der Waals surface area contributed by atoms with Crippen molar-refractivity contribution in [2.24, 2.45) is 0 Å². The summed E-state index contributed by atoms with van der Waals surface area (Å²) in [5.41, 5.74) is 6.63. The molecule has 0 amide bonds. The van der Waals surface area contributed by atoms with E-state index in [4.69, 9.17) is 17.3 Å². The third-order valence-electron chi connectivity index (χ3n) is 2.76. The maximum atomic E-state index is 9.86. The van der Waals surface area contributed by atoms with Gasteiger partial charge in [0.05, 0.1) is 16.3 Å². The van der Waals surface area contributed by atoms with E-state index in [0.717, 1.165) is 18.7 Å². The normalized spacial score (nSPS) is 25.9. The highest BCUT2D eigenvalue weighted by atomic mass is 35.5. The molecule has 0 aromatic heterocycles. The molecule has 3 nitrogen and oxygen atoms in total. The third-order valence-corrected chi connectivity index (χ3v) is 3.07. The predicted molar refractivity (Wildman–Crippen MR) is 63.3 cm³/mol.